The van der Waals surface area contributed by atoms with E-state index < -0.39 is 0 Å². The SMILES string of the molecule is C/C=C\C(C)C#C/C=C/C(C)=C/C=C(\S)c1ccc(C(CCC)CCC(C)C)cc1. The van der Waals surface area contributed by atoms with Crippen LogP contribution in [-0.2, 0) is 0 Å². The Labute approximate surface area is 191 Å². The number of hydrogen-bond acceptors (Lipinski definition) is 1. The lowest BCUT2D eigenvalue weighted by atomic mass is 9.87. The fourth-order valence-corrected chi connectivity index (χ4v) is 3.56. The Bertz CT molecular complexity index is 791. The van der Waals surface area contributed by atoms with Gasteiger partial charge in [0.2, 0.25) is 0 Å². The highest BCUT2D eigenvalue weighted by atomic mass is 32.1. The van der Waals surface area contributed by atoms with Crippen LogP contribution in [0.2, 0.25) is 0 Å². The molecule has 1 aromatic rings. The first-order valence-corrected chi connectivity index (χ1v) is 11.8. The second-order valence-electron chi connectivity index (χ2n) is 8.48. The van der Waals surface area contributed by atoms with Crippen LogP contribution in [0.4, 0.5) is 0 Å². The Hall–Kier alpha value is -1.91. The summed E-state index contributed by atoms with van der Waals surface area (Å²) in [6.07, 6.45) is 17.3. The van der Waals surface area contributed by atoms with Crippen molar-refractivity contribution in [3.8, 4) is 11.8 Å². The third-order valence-corrected chi connectivity index (χ3v) is 5.54. The molecular weight excluding hydrogens is 380 g/mol. The van der Waals surface area contributed by atoms with Gasteiger partial charge in [-0.05, 0) is 68.7 Å². The summed E-state index contributed by atoms with van der Waals surface area (Å²) in [5.41, 5.74) is 3.78. The lowest BCUT2D eigenvalue weighted by Gasteiger charge is -2.18. The van der Waals surface area contributed by atoms with Crippen LogP contribution in [0, 0.1) is 23.7 Å². The monoisotopic (exact) mass is 420 g/mol. The van der Waals surface area contributed by atoms with E-state index in [-0.39, 0.29) is 5.92 Å². The maximum atomic E-state index is 4.71. The molecule has 0 N–H and O–H groups in total. The second-order valence-corrected chi connectivity index (χ2v) is 8.96. The van der Waals surface area contributed by atoms with Crippen LogP contribution in [0.25, 0.3) is 4.91 Å². The standard InChI is InChI=1S/C29H40S/c1-7-11-24(5)13-9-10-14-25(6)16-22-29(30)28-20-18-27(19-21-28)26(12-8-2)17-15-23(3)4/h7,10-11,14,16,18-24,26,30H,8,12,15,17H2,1-6H3/b11-7-,14-10+,25-16+,29-22-. The summed E-state index contributed by atoms with van der Waals surface area (Å²) >= 11 is 4.71. The molecule has 162 valence electrons. The molecule has 1 aromatic carbocycles. The maximum Gasteiger partial charge on any atom is 0.0357 e. The fraction of sp³-hybridized carbons (Fsp3) is 0.448. The second kappa shape index (κ2) is 15.0. The van der Waals surface area contributed by atoms with E-state index in [9.17, 15) is 0 Å². The summed E-state index contributed by atoms with van der Waals surface area (Å²) in [7, 11) is 0. The molecule has 0 spiro atoms. The van der Waals surface area contributed by atoms with Gasteiger partial charge in [-0.25, -0.2) is 0 Å². The summed E-state index contributed by atoms with van der Waals surface area (Å²) in [6.45, 7) is 13.1. The Kier molecular flexibility index (Phi) is 13.0. The van der Waals surface area contributed by atoms with E-state index in [2.05, 4.69) is 89.0 Å². The van der Waals surface area contributed by atoms with Crippen molar-refractivity contribution in [2.75, 3.05) is 0 Å². The van der Waals surface area contributed by atoms with Gasteiger partial charge in [0.1, 0.15) is 0 Å². The molecule has 0 amide bonds. The van der Waals surface area contributed by atoms with E-state index in [4.69, 9.17) is 12.6 Å². The van der Waals surface area contributed by atoms with Crippen LogP contribution in [0.15, 0.2) is 66.3 Å². The highest BCUT2D eigenvalue weighted by Gasteiger charge is 2.11. The van der Waals surface area contributed by atoms with Gasteiger partial charge in [-0.2, -0.15) is 0 Å². The summed E-state index contributed by atoms with van der Waals surface area (Å²) < 4.78 is 0. The van der Waals surface area contributed by atoms with Crippen molar-refractivity contribution in [3.05, 3.63) is 77.4 Å². The van der Waals surface area contributed by atoms with Crippen molar-refractivity contribution in [1.82, 2.24) is 0 Å². The highest BCUT2D eigenvalue weighted by Crippen LogP contribution is 2.29. The van der Waals surface area contributed by atoms with Crippen LogP contribution >= 0.6 is 12.6 Å². The molecule has 2 unspecified atom stereocenters. The average Bonchev–Trinajstić information content (AvgIpc) is 2.72. The molecular formula is C29H40S. The van der Waals surface area contributed by atoms with Gasteiger partial charge in [0.15, 0.2) is 0 Å². The molecule has 1 rings (SSSR count). The van der Waals surface area contributed by atoms with E-state index in [1.165, 1.54) is 31.2 Å². The maximum absolute atomic E-state index is 4.71. The zero-order chi connectivity index (χ0) is 22.4. The van der Waals surface area contributed by atoms with Gasteiger partial charge in [-0.3, -0.25) is 0 Å². The quantitative estimate of drug-likeness (QED) is 0.166. The molecule has 2 atom stereocenters. The lowest BCUT2D eigenvalue weighted by molar-refractivity contribution is 0.478. The Balaban J connectivity index is 2.79. The highest BCUT2D eigenvalue weighted by molar-refractivity contribution is 7.90. The minimum absolute atomic E-state index is 0.290. The van der Waals surface area contributed by atoms with Gasteiger partial charge < -0.3 is 0 Å². The van der Waals surface area contributed by atoms with E-state index in [0.717, 1.165) is 22.0 Å². The van der Waals surface area contributed by atoms with Gasteiger partial charge in [-0.15, -0.1) is 12.6 Å². The van der Waals surface area contributed by atoms with Crippen LogP contribution < -0.4 is 0 Å². The first-order valence-electron chi connectivity index (χ1n) is 11.4. The number of benzene rings is 1. The zero-order valence-electron chi connectivity index (χ0n) is 19.8. The fourth-order valence-electron chi connectivity index (χ4n) is 3.34. The Morgan fingerprint density at radius 1 is 1.03 bits per heavy atom. The topological polar surface area (TPSA) is 0 Å². The predicted octanol–water partition coefficient (Wildman–Crippen LogP) is 9.00. The molecule has 0 aromatic heterocycles. The minimum atomic E-state index is 0.290. The lowest BCUT2D eigenvalue weighted by Crippen LogP contribution is -2.01. The third kappa shape index (κ3) is 10.7. The summed E-state index contributed by atoms with van der Waals surface area (Å²) in [5.74, 6) is 8.01. The average molecular weight is 421 g/mol. The van der Waals surface area contributed by atoms with Crippen molar-refractivity contribution in [1.29, 1.82) is 0 Å². The van der Waals surface area contributed by atoms with Crippen LogP contribution in [0.1, 0.15) is 84.3 Å². The van der Waals surface area contributed by atoms with Gasteiger partial charge in [0, 0.05) is 10.8 Å². The Morgan fingerprint density at radius 3 is 2.33 bits per heavy atom. The third-order valence-electron chi connectivity index (χ3n) is 5.13. The van der Waals surface area contributed by atoms with Gasteiger partial charge >= 0.3 is 0 Å². The Morgan fingerprint density at radius 2 is 1.73 bits per heavy atom. The molecule has 30 heavy (non-hydrogen) atoms. The van der Waals surface area contributed by atoms with Crippen molar-refractivity contribution in [2.24, 2.45) is 11.8 Å². The predicted molar refractivity (Wildman–Crippen MR) is 140 cm³/mol. The zero-order valence-corrected chi connectivity index (χ0v) is 20.7. The van der Waals surface area contributed by atoms with Crippen LogP contribution in [0.3, 0.4) is 0 Å². The normalized spacial score (nSPS) is 14.9. The van der Waals surface area contributed by atoms with E-state index in [1.807, 2.05) is 25.2 Å². The molecule has 0 saturated heterocycles. The number of hydrogen-bond donors (Lipinski definition) is 1. The van der Waals surface area contributed by atoms with Gasteiger partial charge in [0.25, 0.3) is 0 Å². The van der Waals surface area contributed by atoms with Crippen LogP contribution in [-0.4, -0.2) is 0 Å². The number of thiol groups is 1. The van der Waals surface area contributed by atoms with Gasteiger partial charge in [-0.1, -0.05) is 99.6 Å². The molecule has 1 heteroatoms. The number of allylic oxidation sites excluding steroid dienone is 7. The molecule has 0 bridgehead atoms. The first kappa shape index (κ1) is 26.1. The molecule has 0 aliphatic carbocycles. The molecule has 0 nitrogen and oxygen atoms in total. The smallest absolute Gasteiger partial charge is 0.0357 e. The molecule has 0 saturated carbocycles. The molecule has 0 aliphatic heterocycles. The van der Waals surface area contributed by atoms with Crippen molar-refractivity contribution >= 4 is 17.5 Å². The summed E-state index contributed by atoms with van der Waals surface area (Å²) in [5, 5.41) is 0. The minimum Gasteiger partial charge on any atom is -0.143 e. The van der Waals surface area contributed by atoms with E-state index in [0.29, 0.717) is 5.92 Å². The summed E-state index contributed by atoms with van der Waals surface area (Å²) in [4.78, 5) is 0.983. The van der Waals surface area contributed by atoms with E-state index in [1.54, 1.807) is 0 Å². The van der Waals surface area contributed by atoms with Crippen molar-refractivity contribution < 1.29 is 0 Å². The first-order chi connectivity index (χ1) is 14.4. The molecule has 0 radical (unpaired) electrons. The van der Waals surface area contributed by atoms with E-state index >= 15 is 0 Å². The molecule has 0 fully saturated rings. The van der Waals surface area contributed by atoms with Crippen molar-refractivity contribution in [2.45, 2.75) is 73.1 Å². The molecule has 0 aliphatic rings. The van der Waals surface area contributed by atoms with Crippen LogP contribution in [0.5, 0.6) is 0 Å². The largest absolute Gasteiger partial charge is 0.143 e. The summed E-state index contributed by atoms with van der Waals surface area (Å²) in [6, 6.07) is 8.99. The number of rotatable bonds is 10. The van der Waals surface area contributed by atoms with Crippen molar-refractivity contribution in [3.63, 3.8) is 0 Å². The van der Waals surface area contributed by atoms with Gasteiger partial charge in [0.05, 0.1) is 0 Å². The molecule has 0 heterocycles.